The molecule has 2 unspecified atom stereocenters. The molecule has 11 N–H and O–H groups in total. The molecule has 4 heterocycles. The van der Waals surface area contributed by atoms with Crippen molar-refractivity contribution >= 4 is 21.6 Å². The third-order valence-electron chi connectivity index (χ3n) is 8.25. The van der Waals surface area contributed by atoms with Crippen LogP contribution in [0.25, 0.3) is 0 Å². The third kappa shape index (κ3) is 11.0. The van der Waals surface area contributed by atoms with Gasteiger partial charge in [-0.05, 0) is 0 Å². The molecule has 1 aromatic heterocycles. The van der Waals surface area contributed by atoms with Gasteiger partial charge >= 0.3 is 21.3 Å². The number of carbonyl (C=O) groups is 1. The van der Waals surface area contributed by atoms with Crippen LogP contribution in [0.3, 0.4) is 0 Å². The summed E-state index contributed by atoms with van der Waals surface area (Å²) in [6.07, 6.45) is -20.8. The maximum absolute atomic E-state index is 12.7. The molecule has 1 amide bonds. The van der Waals surface area contributed by atoms with Gasteiger partial charge in [0.25, 0.3) is 5.56 Å². The second kappa shape index (κ2) is 18.9. The first-order valence-electron chi connectivity index (χ1n) is 15.9. The molecule has 3 saturated heterocycles. The van der Waals surface area contributed by atoms with Gasteiger partial charge in [0.2, 0.25) is 5.91 Å². The standard InChI is InChI=1S/C26H43N3O23P2/c1-10(31)27-15-22(18(35)11(7-30)49-24(15)44-2)46-6-5-45-8-12-16(33)19(36)21(38)25(50-12)51-54(42,43)52-53(40,41)47-9-13-17(34)20(37)23(48-13)29-4-3-14(32)28-26(29)39/h3-4,11-13,15-25,30,33-38H,5-9H2,1-2H3,(H,27,31)(H,40,41)(H,42,43)(H,28,32,39)/t11-,12-,13-,15-,16+,17-,18-,19+,20-,21-,22-,23-,24-,25-/m1/s1. The highest BCUT2D eigenvalue weighted by Crippen LogP contribution is 2.61. The van der Waals surface area contributed by atoms with Crippen molar-refractivity contribution in [2.45, 2.75) is 92.8 Å². The molecule has 4 rings (SSSR count). The van der Waals surface area contributed by atoms with Crippen LogP contribution in [-0.4, -0.2) is 181 Å². The molecule has 26 nitrogen and oxygen atoms in total. The summed E-state index contributed by atoms with van der Waals surface area (Å²) in [5, 5.41) is 74.3. The molecule has 310 valence electrons. The van der Waals surface area contributed by atoms with Crippen LogP contribution >= 0.6 is 15.6 Å². The Morgan fingerprint density at radius 2 is 1.52 bits per heavy atom. The van der Waals surface area contributed by atoms with E-state index in [9.17, 15) is 69.0 Å². The summed E-state index contributed by atoms with van der Waals surface area (Å²) in [5.41, 5.74) is -1.79. The molecule has 3 aliphatic rings. The quantitative estimate of drug-likeness (QED) is 0.0514. The number of nitrogens with zero attached hydrogens (tertiary/aromatic N) is 1. The SMILES string of the molecule is CO[C@@H]1O[C@H](CO)[C@@H](O)[C@H](OCCOC[C@H]2O[C@H](OP(=O)(O)OP(=O)(O)OC[C@H]3O[C@@H](n4ccc(=O)[nH]c4=O)[C@H](O)[C@@H]3O)[C@H](O)[C@@H](O)[C@H]2O)[C@H]1NC(C)=O. The van der Waals surface area contributed by atoms with Crippen molar-refractivity contribution in [2.24, 2.45) is 0 Å². The van der Waals surface area contributed by atoms with Crippen LogP contribution in [0.5, 0.6) is 0 Å². The van der Waals surface area contributed by atoms with E-state index in [-0.39, 0.29) is 13.2 Å². The van der Waals surface area contributed by atoms with Crippen LogP contribution in [0.4, 0.5) is 0 Å². The van der Waals surface area contributed by atoms with E-state index < -0.39 is 139 Å². The molecule has 1 aromatic rings. The van der Waals surface area contributed by atoms with Crippen molar-refractivity contribution < 1.29 is 101 Å². The Morgan fingerprint density at radius 3 is 2.15 bits per heavy atom. The van der Waals surface area contributed by atoms with E-state index in [1.54, 1.807) is 0 Å². The first kappa shape index (κ1) is 44.6. The number of rotatable bonds is 17. The number of nitrogens with one attached hydrogen (secondary N) is 2. The van der Waals surface area contributed by atoms with E-state index >= 15 is 0 Å². The number of ether oxygens (including phenoxy) is 6. The molecule has 3 aliphatic heterocycles. The lowest BCUT2D eigenvalue weighted by Crippen LogP contribution is -2.65. The lowest BCUT2D eigenvalue weighted by Gasteiger charge is -2.43. The van der Waals surface area contributed by atoms with Crippen molar-refractivity contribution in [3.05, 3.63) is 33.1 Å². The van der Waals surface area contributed by atoms with Crippen LogP contribution in [0, 0.1) is 0 Å². The number of aliphatic hydroxyl groups is 7. The first-order chi connectivity index (χ1) is 25.3. The molecule has 3 fully saturated rings. The van der Waals surface area contributed by atoms with Crippen molar-refractivity contribution in [3.63, 3.8) is 0 Å². The summed E-state index contributed by atoms with van der Waals surface area (Å²) in [5.74, 6) is -0.504. The molecule has 0 aromatic carbocycles. The smallest absolute Gasteiger partial charge is 0.394 e. The number of phosphoric acid groups is 2. The number of aromatic amines is 1. The van der Waals surface area contributed by atoms with Crippen molar-refractivity contribution in [3.8, 4) is 0 Å². The Bertz CT molecular complexity index is 1620. The number of carbonyl (C=O) groups excluding carboxylic acids is 1. The molecule has 0 radical (unpaired) electrons. The summed E-state index contributed by atoms with van der Waals surface area (Å²) < 4.78 is 71.6. The number of methoxy groups -OCH3 is 1. The van der Waals surface area contributed by atoms with E-state index in [2.05, 4.69) is 18.7 Å². The minimum Gasteiger partial charge on any atom is -0.394 e. The minimum absolute atomic E-state index is 0.278. The normalized spacial score (nSPS) is 38.1. The van der Waals surface area contributed by atoms with E-state index in [1.807, 2.05) is 4.98 Å². The van der Waals surface area contributed by atoms with Gasteiger partial charge in [-0.1, -0.05) is 0 Å². The van der Waals surface area contributed by atoms with E-state index in [0.717, 1.165) is 12.3 Å². The summed E-state index contributed by atoms with van der Waals surface area (Å²) in [4.78, 5) is 57.2. The van der Waals surface area contributed by atoms with Crippen LogP contribution < -0.4 is 16.6 Å². The molecule has 28 heteroatoms. The lowest BCUT2D eigenvalue weighted by molar-refractivity contribution is -0.284. The molecule has 0 spiro atoms. The maximum atomic E-state index is 12.7. The molecule has 0 bridgehead atoms. The monoisotopic (exact) mass is 827 g/mol. The summed E-state index contributed by atoms with van der Waals surface area (Å²) in [7, 11) is -10.1. The second-order valence-corrected chi connectivity index (χ2v) is 15.1. The van der Waals surface area contributed by atoms with E-state index in [0.29, 0.717) is 4.57 Å². The average molecular weight is 828 g/mol. The summed E-state index contributed by atoms with van der Waals surface area (Å²) in [6.45, 7) is -1.63. The fourth-order valence-electron chi connectivity index (χ4n) is 5.64. The predicted octanol–water partition coefficient (Wildman–Crippen LogP) is -6.15. The number of H-pyrrole nitrogens is 1. The Morgan fingerprint density at radius 1 is 0.870 bits per heavy atom. The van der Waals surface area contributed by atoms with E-state index in [1.165, 1.54) is 14.0 Å². The molecular weight excluding hydrogens is 784 g/mol. The number of hydrogen-bond donors (Lipinski definition) is 11. The number of aliphatic hydroxyl groups excluding tert-OH is 7. The molecule has 54 heavy (non-hydrogen) atoms. The minimum atomic E-state index is -5.74. The Kier molecular flexibility index (Phi) is 15.6. The number of amides is 1. The third-order valence-corrected chi connectivity index (χ3v) is 10.9. The van der Waals surface area contributed by atoms with Gasteiger partial charge in [0.15, 0.2) is 18.8 Å². The van der Waals surface area contributed by atoms with Gasteiger partial charge in [0.1, 0.15) is 67.1 Å². The largest absolute Gasteiger partial charge is 0.483 e. The molecule has 0 saturated carbocycles. The van der Waals surface area contributed by atoms with Gasteiger partial charge in [-0.25, -0.2) is 13.9 Å². The number of phosphoric ester groups is 2. The lowest BCUT2D eigenvalue weighted by atomic mass is 9.96. The fourth-order valence-corrected chi connectivity index (χ4v) is 7.79. The highest BCUT2D eigenvalue weighted by molar-refractivity contribution is 7.61. The number of hydrogen-bond acceptors (Lipinski definition) is 21. The average Bonchev–Trinajstić information content (AvgIpc) is 3.37. The van der Waals surface area contributed by atoms with Crippen LogP contribution in [0.2, 0.25) is 0 Å². The van der Waals surface area contributed by atoms with Crippen LogP contribution in [0.1, 0.15) is 13.2 Å². The van der Waals surface area contributed by atoms with Crippen molar-refractivity contribution in [1.82, 2.24) is 14.9 Å². The highest BCUT2D eigenvalue weighted by atomic mass is 31.3. The Balaban J connectivity index is 1.29. The molecule has 0 aliphatic carbocycles. The fraction of sp³-hybridized carbons (Fsp3) is 0.808. The number of aromatic nitrogens is 2. The van der Waals surface area contributed by atoms with Gasteiger partial charge in [0.05, 0.1) is 33.0 Å². The van der Waals surface area contributed by atoms with Crippen molar-refractivity contribution in [1.29, 1.82) is 0 Å². The van der Waals surface area contributed by atoms with E-state index in [4.69, 9.17) is 28.4 Å². The molecular formula is C26H43N3O23P2. The van der Waals surface area contributed by atoms with Gasteiger partial charge in [-0.3, -0.25) is 28.2 Å². The Labute approximate surface area is 303 Å². The summed E-state index contributed by atoms with van der Waals surface area (Å²) >= 11 is 0. The predicted molar refractivity (Wildman–Crippen MR) is 169 cm³/mol. The van der Waals surface area contributed by atoms with Gasteiger partial charge < -0.3 is 79.3 Å². The van der Waals surface area contributed by atoms with Crippen LogP contribution in [-0.2, 0) is 55.7 Å². The highest BCUT2D eigenvalue weighted by Gasteiger charge is 2.50. The summed E-state index contributed by atoms with van der Waals surface area (Å²) in [6, 6.07) is -0.0948. The van der Waals surface area contributed by atoms with Gasteiger partial charge in [0, 0.05) is 26.3 Å². The Hall–Kier alpha value is -2.11. The van der Waals surface area contributed by atoms with Gasteiger partial charge in [-0.15, -0.1) is 0 Å². The second-order valence-electron chi connectivity index (χ2n) is 12.1. The van der Waals surface area contributed by atoms with Crippen LogP contribution in [0.15, 0.2) is 21.9 Å². The zero-order valence-corrected chi connectivity index (χ0v) is 30.1. The topological polar surface area (TPSA) is 383 Å². The van der Waals surface area contributed by atoms with Crippen molar-refractivity contribution in [2.75, 3.05) is 40.1 Å². The first-order valence-corrected chi connectivity index (χ1v) is 18.9. The molecule has 16 atom stereocenters. The zero-order valence-electron chi connectivity index (χ0n) is 28.4. The zero-order chi connectivity index (χ0) is 40.1. The maximum Gasteiger partial charge on any atom is 0.483 e. The van der Waals surface area contributed by atoms with Gasteiger partial charge in [-0.2, -0.15) is 4.31 Å².